The van der Waals surface area contributed by atoms with E-state index in [1.807, 2.05) is 50.5 Å². The van der Waals surface area contributed by atoms with E-state index in [0.29, 0.717) is 24.1 Å². The Labute approximate surface area is 181 Å². The Hall–Kier alpha value is -2.57. The van der Waals surface area contributed by atoms with E-state index in [0.717, 1.165) is 29.3 Å². The maximum atomic E-state index is 11.8. The highest BCUT2D eigenvalue weighted by atomic mass is 35.5. The lowest BCUT2D eigenvalue weighted by atomic mass is 9.85. The first kappa shape index (κ1) is 20.7. The topological polar surface area (TPSA) is 67.6 Å². The van der Waals surface area contributed by atoms with Crippen molar-refractivity contribution in [3.05, 3.63) is 64.8 Å². The zero-order valence-corrected chi connectivity index (χ0v) is 17.9. The number of aryl methyl sites for hydroxylation is 1. The number of amides is 1. The predicted molar refractivity (Wildman–Crippen MR) is 117 cm³/mol. The molecule has 6 nitrogen and oxygen atoms in total. The summed E-state index contributed by atoms with van der Waals surface area (Å²) < 4.78 is 7.95. The van der Waals surface area contributed by atoms with Gasteiger partial charge in [-0.25, -0.2) is 4.79 Å². The molecule has 1 amide bonds. The second kappa shape index (κ2) is 8.66. The molecule has 1 fully saturated rings. The minimum atomic E-state index is -0.891. The van der Waals surface area contributed by atoms with Gasteiger partial charge in [0.25, 0.3) is 0 Å². The second-order valence-corrected chi connectivity index (χ2v) is 8.41. The molecule has 7 heteroatoms. The smallest absolute Gasteiger partial charge is 0.407 e. The number of rotatable bonds is 5. The van der Waals surface area contributed by atoms with Crippen LogP contribution in [0.2, 0.25) is 5.02 Å². The van der Waals surface area contributed by atoms with Crippen LogP contribution in [0.4, 0.5) is 4.79 Å². The predicted octanol–water partition coefficient (Wildman–Crippen LogP) is 5.23. The third-order valence-electron chi connectivity index (χ3n) is 5.93. The van der Waals surface area contributed by atoms with Gasteiger partial charge in [-0.2, -0.15) is 5.10 Å². The first-order valence-electron chi connectivity index (χ1n) is 10.2. The SMILES string of the molecule is CC(OCC1CC(c2ccccc2)CCN1C(=O)O)c1cc(Cl)cc2cn(C)nc12. The maximum Gasteiger partial charge on any atom is 0.407 e. The van der Waals surface area contributed by atoms with Gasteiger partial charge in [0.2, 0.25) is 0 Å². The van der Waals surface area contributed by atoms with Crippen molar-refractivity contribution in [3.63, 3.8) is 0 Å². The number of hydrogen-bond donors (Lipinski definition) is 1. The fraction of sp³-hybridized carbons (Fsp3) is 0.391. The maximum absolute atomic E-state index is 11.8. The molecule has 1 N–H and O–H groups in total. The summed E-state index contributed by atoms with van der Waals surface area (Å²) in [5.41, 5.74) is 3.02. The summed E-state index contributed by atoms with van der Waals surface area (Å²) in [6.45, 7) is 2.80. The third-order valence-corrected chi connectivity index (χ3v) is 6.14. The number of fused-ring (bicyclic) bond motifs is 1. The van der Waals surface area contributed by atoms with E-state index in [1.54, 1.807) is 4.68 Å². The van der Waals surface area contributed by atoms with Gasteiger partial charge in [-0.3, -0.25) is 4.68 Å². The minimum absolute atomic E-state index is 0.192. The Morgan fingerprint density at radius 3 is 2.83 bits per heavy atom. The molecule has 3 unspecified atom stereocenters. The van der Waals surface area contributed by atoms with Crippen LogP contribution in [0.1, 0.15) is 42.9 Å². The van der Waals surface area contributed by atoms with Crippen LogP contribution in [0, 0.1) is 0 Å². The molecule has 158 valence electrons. The fourth-order valence-corrected chi connectivity index (χ4v) is 4.62. The van der Waals surface area contributed by atoms with E-state index < -0.39 is 6.09 Å². The van der Waals surface area contributed by atoms with E-state index in [1.165, 1.54) is 10.5 Å². The summed E-state index contributed by atoms with van der Waals surface area (Å²) in [4.78, 5) is 13.3. The number of hydrogen-bond acceptors (Lipinski definition) is 3. The van der Waals surface area contributed by atoms with Crippen molar-refractivity contribution in [2.24, 2.45) is 7.05 Å². The molecule has 0 bridgehead atoms. The number of halogens is 1. The molecule has 2 aromatic carbocycles. The first-order valence-corrected chi connectivity index (χ1v) is 10.6. The number of likely N-dealkylation sites (tertiary alicyclic amines) is 1. The van der Waals surface area contributed by atoms with Gasteiger partial charge < -0.3 is 14.7 Å². The van der Waals surface area contributed by atoms with Gasteiger partial charge in [-0.05, 0) is 43.4 Å². The van der Waals surface area contributed by atoms with Gasteiger partial charge >= 0.3 is 6.09 Å². The number of carbonyl (C=O) groups is 1. The summed E-state index contributed by atoms with van der Waals surface area (Å²) in [6, 6.07) is 13.9. The van der Waals surface area contributed by atoms with Crippen LogP contribution in [0.3, 0.4) is 0 Å². The first-order chi connectivity index (χ1) is 14.4. The molecule has 4 rings (SSSR count). The molecular weight excluding hydrogens is 402 g/mol. The molecule has 0 spiro atoms. The lowest BCUT2D eigenvalue weighted by Gasteiger charge is -2.38. The zero-order chi connectivity index (χ0) is 21.3. The summed E-state index contributed by atoms with van der Waals surface area (Å²) in [7, 11) is 1.87. The number of nitrogens with zero attached hydrogens (tertiary/aromatic N) is 3. The lowest BCUT2D eigenvalue weighted by Crippen LogP contribution is -2.47. The zero-order valence-electron chi connectivity index (χ0n) is 17.2. The standard InChI is InChI=1S/C23H26ClN3O3/c1-15(21-12-19(24)10-18-13-26(2)25-22(18)21)30-14-20-11-17(8-9-27(20)23(28)29)16-6-4-3-5-7-16/h3-7,10,12-13,15,17,20H,8-9,11,14H2,1-2H3,(H,28,29). The number of ether oxygens (including phenoxy) is 1. The highest BCUT2D eigenvalue weighted by Gasteiger charge is 2.33. The van der Waals surface area contributed by atoms with Gasteiger partial charge in [-0.1, -0.05) is 41.9 Å². The molecule has 0 saturated carbocycles. The Kier molecular flexibility index (Phi) is 5.97. The molecule has 30 heavy (non-hydrogen) atoms. The van der Waals surface area contributed by atoms with Crippen LogP contribution in [-0.4, -0.2) is 45.1 Å². The highest BCUT2D eigenvalue weighted by molar-refractivity contribution is 6.31. The quantitative estimate of drug-likeness (QED) is 0.605. The average molecular weight is 428 g/mol. The van der Waals surface area contributed by atoms with Gasteiger partial charge in [-0.15, -0.1) is 0 Å². The van der Waals surface area contributed by atoms with Crippen LogP contribution in [-0.2, 0) is 11.8 Å². The van der Waals surface area contributed by atoms with Crippen molar-refractivity contribution in [1.29, 1.82) is 0 Å². The molecule has 0 radical (unpaired) electrons. The van der Waals surface area contributed by atoms with Crippen molar-refractivity contribution < 1.29 is 14.6 Å². The fourth-order valence-electron chi connectivity index (χ4n) is 4.39. The largest absolute Gasteiger partial charge is 0.465 e. The molecule has 0 aliphatic carbocycles. The van der Waals surface area contributed by atoms with Crippen LogP contribution < -0.4 is 0 Å². The molecule has 1 aliphatic heterocycles. The van der Waals surface area contributed by atoms with Crippen LogP contribution in [0.25, 0.3) is 10.9 Å². The van der Waals surface area contributed by atoms with Crippen LogP contribution in [0.15, 0.2) is 48.7 Å². The van der Waals surface area contributed by atoms with Crippen molar-refractivity contribution in [3.8, 4) is 0 Å². The summed E-state index contributed by atoms with van der Waals surface area (Å²) in [5, 5.41) is 15.8. The molecule has 2 heterocycles. The molecule has 3 atom stereocenters. The number of piperidine rings is 1. The van der Waals surface area contributed by atoms with E-state index >= 15 is 0 Å². The lowest BCUT2D eigenvalue weighted by molar-refractivity contribution is 0.00402. The van der Waals surface area contributed by atoms with Gasteiger partial charge in [0.05, 0.1) is 24.3 Å². The van der Waals surface area contributed by atoms with Crippen LogP contribution in [0.5, 0.6) is 0 Å². The third kappa shape index (κ3) is 4.30. The molecule has 1 saturated heterocycles. The van der Waals surface area contributed by atoms with E-state index in [4.69, 9.17) is 16.3 Å². The van der Waals surface area contributed by atoms with Gasteiger partial charge in [0, 0.05) is 35.8 Å². The molecule has 1 aliphatic rings. The van der Waals surface area contributed by atoms with E-state index in [9.17, 15) is 9.90 Å². The van der Waals surface area contributed by atoms with E-state index in [-0.39, 0.29) is 12.1 Å². The minimum Gasteiger partial charge on any atom is -0.465 e. The summed E-state index contributed by atoms with van der Waals surface area (Å²) in [5.74, 6) is 0.333. The van der Waals surface area contributed by atoms with Crippen molar-refractivity contribution in [1.82, 2.24) is 14.7 Å². The normalized spacial score (nSPS) is 20.4. The number of aromatic nitrogens is 2. The number of carboxylic acid groups (broad SMARTS) is 1. The monoisotopic (exact) mass is 427 g/mol. The number of benzene rings is 2. The van der Waals surface area contributed by atoms with Gasteiger partial charge in [0.15, 0.2) is 0 Å². The van der Waals surface area contributed by atoms with E-state index in [2.05, 4.69) is 17.2 Å². The molecule has 1 aromatic heterocycles. The van der Waals surface area contributed by atoms with Gasteiger partial charge in [0.1, 0.15) is 0 Å². The van der Waals surface area contributed by atoms with Crippen molar-refractivity contribution in [2.75, 3.05) is 13.2 Å². The molecule has 3 aromatic rings. The highest BCUT2D eigenvalue weighted by Crippen LogP contribution is 2.34. The average Bonchev–Trinajstić information content (AvgIpc) is 3.11. The second-order valence-electron chi connectivity index (χ2n) is 7.97. The van der Waals surface area contributed by atoms with Crippen molar-refractivity contribution >= 4 is 28.6 Å². The Balaban J connectivity index is 1.51. The Morgan fingerprint density at radius 2 is 2.10 bits per heavy atom. The Morgan fingerprint density at radius 1 is 1.33 bits per heavy atom. The molecular formula is C23H26ClN3O3. The van der Waals surface area contributed by atoms with Crippen LogP contribution >= 0.6 is 11.6 Å². The summed E-state index contributed by atoms with van der Waals surface area (Å²) >= 11 is 6.30. The van der Waals surface area contributed by atoms with Crippen molar-refractivity contribution in [2.45, 2.75) is 37.8 Å². The summed E-state index contributed by atoms with van der Waals surface area (Å²) in [6.07, 6.45) is 2.35. The Bertz CT molecular complexity index is 1040.